The molecule has 1 unspecified atom stereocenters. The summed E-state index contributed by atoms with van der Waals surface area (Å²) in [4.78, 5) is 17.5. The van der Waals surface area contributed by atoms with E-state index in [1.807, 2.05) is 13.0 Å². The quantitative estimate of drug-likeness (QED) is 0.388. The molecule has 1 aliphatic heterocycles. The molecule has 0 radical (unpaired) electrons. The van der Waals surface area contributed by atoms with E-state index < -0.39 is 6.10 Å². The van der Waals surface area contributed by atoms with Crippen molar-refractivity contribution in [3.8, 4) is 0 Å². The van der Waals surface area contributed by atoms with Crippen LogP contribution >= 0.6 is 24.0 Å². The Morgan fingerprint density at radius 1 is 1.27 bits per heavy atom. The Balaban J connectivity index is 0.00000243. The predicted molar refractivity (Wildman–Crippen MR) is 111 cm³/mol. The van der Waals surface area contributed by atoms with Crippen LogP contribution in [0.25, 0.3) is 0 Å². The molecular weight excluding hydrogens is 447 g/mol. The Labute approximate surface area is 170 Å². The maximum atomic E-state index is 10.1. The van der Waals surface area contributed by atoms with Gasteiger partial charge in [0, 0.05) is 45.1 Å². The van der Waals surface area contributed by atoms with Crippen LogP contribution in [0, 0.1) is 0 Å². The topological polar surface area (TPSA) is 90.0 Å². The molecule has 3 rings (SSSR count). The molecular formula is C17H25IN6O2. The van der Waals surface area contributed by atoms with Crippen LogP contribution in [0.2, 0.25) is 0 Å². The lowest BCUT2D eigenvalue weighted by Crippen LogP contribution is -2.53. The molecule has 1 atom stereocenters. The SMILES string of the molecule is CCNC(=NCC(O)c1ccco1)N1CCN(c2ncccn2)CC1.I. The Hall–Kier alpha value is -1.88. The normalized spacial score (nSPS) is 16.2. The number of halogens is 1. The average molecular weight is 472 g/mol. The van der Waals surface area contributed by atoms with Gasteiger partial charge in [0.2, 0.25) is 5.95 Å². The number of furan rings is 1. The van der Waals surface area contributed by atoms with E-state index >= 15 is 0 Å². The van der Waals surface area contributed by atoms with Crippen LogP contribution in [0.3, 0.4) is 0 Å². The van der Waals surface area contributed by atoms with E-state index in [1.165, 1.54) is 0 Å². The fraction of sp³-hybridized carbons (Fsp3) is 0.471. The van der Waals surface area contributed by atoms with Crippen molar-refractivity contribution in [2.45, 2.75) is 13.0 Å². The van der Waals surface area contributed by atoms with Crippen LogP contribution in [0.5, 0.6) is 0 Å². The number of anilines is 1. The Morgan fingerprint density at radius 3 is 2.62 bits per heavy atom. The number of aliphatic imine (C=N–C) groups is 1. The van der Waals surface area contributed by atoms with Crippen molar-refractivity contribution in [1.29, 1.82) is 0 Å². The first kappa shape index (κ1) is 20.4. The fourth-order valence-electron chi connectivity index (χ4n) is 2.74. The van der Waals surface area contributed by atoms with Crippen LogP contribution in [0.1, 0.15) is 18.8 Å². The molecule has 1 fully saturated rings. The Kier molecular flexibility index (Phi) is 8.10. The van der Waals surface area contributed by atoms with Crippen molar-refractivity contribution >= 4 is 35.9 Å². The standard InChI is InChI=1S/C17H24N6O2.HI/c1-2-18-16(21-13-14(24)15-5-3-12-25-15)22-8-10-23(11-9-22)17-19-6-4-7-20-17;/h3-7,12,14,24H,2,8-11,13H2,1H3,(H,18,21);1H. The summed E-state index contributed by atoms with van der Waals surface area (Å²) in [6.45, 7) is 6.37. The highest BCUT2D eigenvalue weighted by molar-refractivity contribution is 14.0. The summed E-state index contributed by atoms with van der Waals surface area (Å²) in [6, 6.07) is 5.34. The summed E-state index contributed by atoms with van der Waals surface area (Å²) < 4.78 is 5.22. The third-order valence-electron chi connectivity index (χ3n) is 4.03. The second-order valence-corrected chi connectivity index (χ2v) is 5.75. The number of guanidine groups is 1. The van der Waals surface area contributed by atoms with Crippen molar-refractivity contribution in [2.75, 3.05) is 44.2 Å². The lowest BCUT2D eigenvalue weighted by Gasteiger charge is -2.36. The molecule has 142 valence electrons. The van der Waals surface area contributed by atoms with Crippen LogP contribution in [0.4, 0.5) is 5.95 Å². The highest BCUT2D eigenvalue weighted by Gasteiger charge is 2.21. The lowest BCUT2D eigenvalue weighted by molar-refractivity contribution is 0.158. The third-order valence-corrected chi connectivity index (χ3v) is 4.03. The van der Waals surface area contributed by atoms with E-state index in [1.54, 1.807) is 30.8 Å². The maximum absolute atomic E-state index is 10.1. The molecule has 0 spiro atoms. The number of aliphatic hydroxyl groups is 1. The molecule has 8 nitrogen and oxygen atoms in total. The van der Waals surface area contributed by atoms with Crippen LogP contribution < -0.4 is 10.2 Å². The third kappa shape index (κ3) is 5.31. The number of nitrogens with zero attached hydrogens (tertiary/aromatic N) is 5. The van der Waals surface area contributed by atoms with Crippen molar-refractivity contribution in [3.05, 3.63) is 42.6 Å². The summed E-state index contributed by atoms with van der Waals surface area (Å²) in [5, 5.41) is 13.4. The Bertz CT molecular complexity index is 659. The van der Waals surface area contributed by atoms with Gasteiger partial charge < -0.3 is 24.6 Å². The molecule has 0 aromatic carbocycles. The largest absolute Gasteiger partial charge is 0.467 e. The average Bonchev–Trinajstić information content (AvgIpc) is 3.21. The molecule has 1 aliphatic rings. The number of aromatic nitrogens is 2. The molecule has 0 saturated carbocycles. The highest BCUT2D eigenvalue weighted by Crippen LogP contribution is 2.14. The summed E-state index contributed by atoms with van der Waals surface area (Å²) in [5.41, 5.74) is 0. The highest BCUT2D eigenvalue weighted by atomic mass is 127. The summed E-state index contributed by atoms with van der Waals surface area (Å²) in [6.07, 6.45) is 4.34. The second-order valence-electron chi connectivity index (χ2n) is 5.75. The number of hydrogen-bond acceptors (Lipinski definition) is 6. The van der Waals surface area contributed by atoms with Crippen molar-refractivity contribution < 1.29 is 9.52 Å². The monoisotopic (exact) mass is 472 g/mol. The first-order valence-electron chi connectivity index (χ1n) is 8.54. The molecule has 9 heteroatoms. The van der Waals surface area contributed by atoms with Crippen LogP contribution in [-0.2, 0) is 0 Å². The van der Waals surface area contributed by atoms with Crippen molar-refractivity contribution in [1.82, 2.24) is 20.2 Å². The molecule has 0 amide bonds. The van der Waals surface area contributed by atoms with Gasteiger partial charge in [-0.25, -0.2) is 15.0 Å². The molecule has 26 heavy (non-hydrogen) atoms. The molecule has 1 saturated heterocycles. The molecule has 3 heterocycles. The van der Waals surface area contributed by atoms with Crippen molar-refractivity contribution in [2.24, 2.45) is 4.99 Å². The van der Waals surface area contributed by atoms with E-state index in [9.17, 15) is 5.11 Å². The van der Waals surface area contributed by atoms with Gasteiger partial charge in [-0.15, -0.1) is 24.0 Å². The minimum atomic E-state index is -0.734. The summed E-state index contributed by atoms with van der Waals surface area (Å²) >= 11 is 0. The number of nitrogens with one attached hydrogen (secondary N) is 1. The number of aliphatic hydroxyl groups excluding tert-OH is 1. The predicted octanol–water partition coefficient (Wildman–Crippen LogP) is 1.51. The molecule has 2 N–H and O–H groups in total. The van der Waals surface area contributed by atoms with E-state index in [0.29, 0.717) is 5.76 Å². The maximum Gasteiger partial charge on any atom is 0.225 e. The zero-order valence-electron chi connectivity index (χ0n) is 14.8. The zero-order chi connectivity index (χ0) is 17.5. The van der Waals surface area contributed by atoms with Gasteiger partial charge in [-0.2, -0.15) is 0 Å². The van der Waals surface area contributed by atoms with Gasteiger partial charge in [0.25, 0.3) is 0 Å². The van der Waals surface area contributed by atoms with Crippen LogP contribution in [-0.4, -0.2) is 65.2 Å². The van der Waals surface area contributed by atoms with E-state index in [2.05, 4.69) is 30.1 Å². The van der Waals surface area contributed by atoms with Gasteiger partial charge in [-0.3, -0.25) is 0 Å². The van der Waals surface area contributed by atoms with Gasteiger partial charge in [0.15, 0.2) is 5.96 Å². The number of piperazine rings is 1. The van der Waals surface area contributed by atoms with Crippen molar-refractivity contribution in [3.63, 3.8) is 0 Å². The van der Waals surface area contributed by atoms with E-state index in [0.717, 1.165) is 44.6 Å². The minimum absolute atomic E-state index is 0. The Morgan fingerprint density at radius 2 is 2.00 bits per heavy atom. The first-order chi connectivity index (χ1) is 12.3. The molecule has 0 bridgehead atoms. The smallest absolute Gasteiger partial charge is 0.225 e. The van der Waals surface area contributed by atoms with E-state index in [4.69, 9.17) is 4.42 Å². The van der Waals surface area contributed by atoms with Gasteiger partial charge in [0.05, 0.1) is 12.8 Å². The first-order valence-corrected chi connectivity index (χ1v) is 8.54. The van der Waals surface area contributed by atoms with Gasteiger partial charge >= 0.3 is 0 Å². The second kappa shape index (κ2) is 10.3. The van der Waals surface area contributed by atoms with Gasteiger partial charge in [0.1, 0.15) is 11.9 Å². The number of hydrogen-bond donors (Lipinski definition) is 2. The van der Waals surface area contributed by atoms with Crippen LogP contribution in [0.15, 0.2) is 46.3 Å². The summed E-state index contributed by atoms with van der Waals surface area (Å²) in [5.74, 6) is 2.10. The van der Waals surface area contributed by atoms with Gasteiger partial charge in [-0.05, 0) is 25.1 Å². The molecule has 0 aliphatic carbocycles. The van der Waals surface area contributed by atoms with Gasteiger partial charge in [-0.1, -0.05) is 0 Å². The molecule has 2 aromatic rings. The minimum Gasteiger partial charge on any atom is -0.467 e. The summed E-state index contributed by atoms with van der Waals surface area (Å²) in [7, 11) is 0. The number of rotatable bonds is 5. The fourth-order valence-corrected chi connectivity index (χ4v) is 2.74. The van der Waals surface area contributed by atoms with E-state index in [-0.39, 0.29) is 30.5 Å². The zero-order valence-corrected chi connectivity index (χ0v) is 17.1. The lowest BCUT2D eigenvalue weighted by atomic mass is 10.3. The molecule has 2 aromatic heterocycles.